The predicted octanol–water partition coefficient (Wildman–Crippen LogP) is 4.19. The Hall–Kier alpha value is -4.45. The molecule has 3 aromatic rings. The van der Waals surface area contributed by atoms with Crippen LogP contribution < -0.4 is 21.3 Å². The van der Waals surface area contributed by atoms with Gasteiger partial charge in [0.25, 0.3) is 0 Å². The molecule has 0 saturated carbocycles. The van der Waals surface area contributed by atoms with Crippen LogP contribution in [-0.4, -0.2) is 93.4 Å². The highest BCUT2D eigenvalue weighted by Crippen LogP contribution is 2.43. The number of fused-ring (bicyclic) bond motifs is 1. The number of nitrogens with two attached hydrogens (primary N) is 2. The van der Waals surface area contributed by atoms with Gasteiger partial charge in [-0.05, 0) is 58.7 Å². The number of likely N-dealkylation sites (tertiary alicyclic amines) is 2. The number of anilines is 3. The Morgan fingerprint density at radius 3 is 2.43 bits per heavy atom. The number of phenols is 1. The lowest BCUT2D eigenvalue weighted by molar-refractivity contribution is -0.128. The first-order valence-corrected chi connectivity index (χ1v) is 16.7. The van der Waals surface area contributed by atoms with Gasteiger partial charge in [0.15, 0.2) is 0 Å². The molecule has 0 bridgehead atoms. The van der Waals surface area contributed by atoms with Crippen molar-refractivity contribution in [3.05, 3.63) is 59.0 Å². The summed E-state index contributed by atoms with van der Waals surface area (Å²) in [5.41, 5.74) is 17.7. The zero-order valence-electron chi connectivity index (χ0n) is 27.9. The number of hydrogen-bond donors (Lipinski definition) is 4. The summed E-state index contributed by atoms with van der Waals surface area (Å²) in [7, 11) is 0. The highest BCUT2D eigenvalue weighted by Gasteiger charge is 2.55. The number of carbonyl (C=O) groups excluding carboxylic acids is 1. The summed E-state index contributed by atoms with van der Waals surface area (Å²) in [4.78, 5) is 34.4. The third-order valence-corrected chi connectivity index (χ3v) is 10.2. The fourth-order valence-electron chi connectivity index (χ4n) is 7.85. The standard InChI is InChI=1S/C35H47N9O3/c1-22-30-26(15-27(36)25-7-5-6-8-29(25)45)31(37)40-28(30)11-14-44(22)32-38-16-24(17-39-32)41-12-9-23(10-13-41)42-18-35(19-42)20-43(21-35)33(46)47-34(2,3)4/h5-8,15-17,22-23,40,45H,9-14,18-21,36-37H2,1-4H3/b27-15-. The molecular weight excluding hydrogens is 594 g/mol. The molecule has 47 heavy (non-hydrogen) atoms. The number of hydrogen-bond acceptors (Lipinski definition) is 10. The first-order valence-electron chi connectivity index (χ1n) is 16.7. The zero-order chi connectivity index (χ0) is 33.1. The molecule has 7 rings (SSSR count). The van der Waals surface area contributed by atoms with E-state index in [2.05, 4.69) is 26.6 Å². The van der Waals surface area contributed by atoms with E-state index >= 15 is 0 Å². The molecule has 3 fully saturated rings. The fraction of sp³-hybridized carbons (Fsp3) is 0.514. The van der Waals surface area contributed by atoms with Gasteiger partial charge in [0.2, 0.25) is 5.95 Å². The Morgan fingerprint density at radius 1 is 1.09 bits per heavy atom. The number of rotatable bonds is 5. The Labute approximate surface area is 276 Å². The van der Waals surface area contributed by atoms with Crippen LogP contribution in [0, 0.1) is 5.41 Å². The van der Waals surface area contributed by atoms with Crippen LogP contribution in [0.25, 0.3) is 11.8 Å². The van der Waals surface area contributed by atoms with Gasteiger partial charge >= 0.3 is 6.09 Å². The van der Waals surface area contributed by atoms with E-state index in [1.54, 1.807) is 18.2 Å². The molecule has 1 unspecified atom stereocenters. The van der Waals surface area contributed by atoms with Crippen LogP contribution in [0.5, 0.6) is 5.75 Å². The second-order valence-corrected chi connectivity index (χ2v) is 14.8. The van der Waals surface area contributed by atoms with Crippen LogP contribution in [-0.2, 0) is 11.2 Å². The Balaban J connectivity index is 0.943. The first kappa shape index (κ1) is 31.2. The summed E-state index contributed by atoms with van der Waals surface area (Å²) < 4.78 is 5.53. The Morgan fingerprint density at radius 2 is 1.77 bits per heavy atom. The van der Waals surface area contributed by atoms with E-state index in [9.17, 15) is 9.90 Å². The van der Waals surface area contributed by atoms with Crippen molar-refractivity contribution < 1.29 is 14.6 Å². The highest BCUT2D eigenvalue weighted by molar-refractivity contribution is 5.86. The third-order valence-electron chi connectivity index (χ3n) is 10.2. The van der Waals surface area contributed by atoms with Gasteiger partial charge in [0.1, 0.15) is 17.2 Å². The first-order chi connectivity index (χ1) is 22.4. The minimum atomic E-state index is -0.453. The lowest BCUT2D eigenvalue weighted by Gasteiger charge is -2.62. The van der Waals surface area contributed by atoms with E-state index in [4.69, 9.17) is 26.2 Å². The molecule has 6 N–H and O–H groups in total. The quantitative estimate of drug-likeness (QED) is 0.319. The van der Waals surface area contributed by atoms with Gasteiger partial charge in [0.05, 0.1) is 24.1 Å². The van der Waals surface area contributed by atoms with Crippen molar-refractivity contribution >= 4 is 35.3 Å². The van der Waals surface area contributed by atoms with E-state index in [1.807, 2.05) is 50.2 Å². The van der Waals surface area contributed by atoms with Crippen molar-refractivity contribution in [2.75, 3.05) is 61.3 Å². The third kappa shape index (κ3) is 5.95. The molecule has 12 heteroatoms. The van der Waals surface area contributed by atoms with Crippen molar-refractivity contribution in [2.24, 2.45) is 11.1 Å². The SMILES string of the molecule is CC1c2c([nH]c(N)c2/C=C(\N)c2ccccc2O)CCN1c1ncc(N2CCC(N3CC4(CN(C(=O)OC(C)(C)C)C4)C3)CC2)cn1. The van der Waals surface area contributed by atoms with Crippen LogP contribution in [0.2, 0.25) is 0 Å². The van der Waals surface area contributed by atoms with Crippen LogP contribution in [0.3, 0.4) is 0 Å². The minimum Gasteiger partial charge on any atom is -0.507 e. The average molecular weight is 642 g/mol. The molecule has 2 aromatic heterocycles. The molecule has 0 radical (unpaired) electrons. The van der Waals surface area contributed by atoms with Crippen molar-refractivity contribution in [3.63, 3.8) is 0 Å². The largest absolute Gasteiger partial charge is 0.507 e. The number of aromatic nitrogens is 3. The van der Waals surface area contributed by atoms with Gasteiger partial charge in [0, 0.05) is 91.8 Å². The number of aromatic hydroxyl groups is 1. The number of nitrogens with zero attached hydrogens (tertiary/aromatic N) is 6. The fourth-order valence-corrected chi connectivity index (χ4v) is 7.85. The van der Waals surface area contributed by atoms with Crippen LogP contribution in [0.4, 0.5) is 22.2 Å². The van der Waals surface area contributed by atoms with E-state index in [0.29, 0.717) is 29.1 Å². The molecule has 6 heterocycles. The van der Waals surface area contributed by atoms with Crippen molar-refractivity contribution in [1.82, 2.24) is 24.8 Å². The number of para-hydroxylation sites is 1. The number of nitrogen functional groups attached to an aromatic ring is 1. The van der Waals surface area contributed by atoms with E-state index < -0.39 is 5.60 Å². The van der Waals surface area contributed by atoms with E-state index in [1.165, 1.54) is 0 Å². The van der Waals surface area contributed by atoms with E-state index in [-0.39, 0.29) is 23.3 Å². The number of amides is 1. The number of phenolic OH excluding ortho intramolecular Hbond substituents is 1. The normalized spacial score (nSPS) is 21.7. The lowest BCUT2D eigenvalue weighted by Crippen LogP contribution is -2.74. The summed E-state index contributed by atoms with van der Waals surface area (Å²) in [6.45, 7) is 14.3. The maximum atomic E-state index is 12.4. The number of benzene rings is 1. The maximum Gasteiger partial charge on any atom is 0.410 e. The number of nitrogens with one attached hydrogen (secondary N) is 1. The minimum absolute atomic E-state index is 0.0241. The molecule has 1 spiro atoms. The zero-order valence-corrected chi connectivity index (χ0v) is 27.9. The van der Waals surface area contributed by atoms with Crippen LogP contribution >= 0.6 is 0 Å². The monoisotopic (exact) mass is 641 g/mol. The summed E-state index contributed by atoms with van der Waals surface area (Å²) >= 11 is 0. The van der Waals surface area contributed by atoms with Crippen LogP contribution in [0.15, 0.2) is 36.7 Å². The molecule has 1 amide bonds. The molecule has 3 saturated heterocycles. The average Bonchev–Trinajstić information content (AvgIpc) is 3.31. The molecule has 1 aromatic carbocycles. The van der Waals surface area contributed by atoms with Gasteiger partial charge in [-0.1, -0.05) is 12.1 Å². The Bertz CT molecular complexity index is 1660. The molecule has 4 aliphatic rings. The molecule has 0 aliphatic carbocycles. The lowest BCUT2D eigenvalue weighted by atomic mass is 9.72. The number of aromatic amines is 1. The molecule has 12 nitrogen and oxygen atoms in total. The van der Waals surface area contributed by atoms with Gasteiger partial charge in [-0.2, -0.15) is 0 Å². The van der Waals surface area contributed by atoms with Gasteiger partial charge in [-0.15, -0.1) is 0 Å². The molecular formula is C35H47N9O3. The summed E-state index contributed by atoms with van der Waals surface area (Å²) in [6, 6.07) is 7.59. The van der Waals surface area contributed by atoms with Crippen molar-refractivity contribution in [3.8, 4) is 5.75 Å². The summed E-state index contributed by atoms with van der Waals surface area (Å²) in [6.07, 6.45) is 8.55. The number of H-pyrrole nitrogens is 1. The van der Waals surface area contributed by atoms with Gasteiger partial charge in [-0.3, -0.25) is 4.90 Å². The van der Waals surface area contributed by atoms with Crippen molar-refractivity contribution in [1.29, 1.82) is 0 Å². The van der Waals surface area contributed by atoms with Gasteiger partial charge < -0.3 is 41.0 Å². The summed E-state index contributed by atoms with van der Waals surface area (Å²) in [5.74, 6) is 1.38. The Kier molecular flexibility index (Phi) is 7.73. The molecule has 250 valence electrons. The topological polar surface area (TPSA) is 153 Å². The van der Waals surface area contributed by atoms with Crippen molar-refractivity contribution in [2.45, 2.75) is 64.6 Å². The summed E-state index contributed by atoms with van der Waals surface area (Å²) in [5, 5.41) is 10.3. The number of ether oxygens (including phenoxy) is 1. The smallest absolute Gasteiger partial charge is 0.410 e. The van der Waals surface area contributed by atoms with Gasteiger partial charge in [-0.25, -0.2) is 14.8 Å². The molecule has 4 aliphatic heterocycles. The second-order valence-electron chi connectivity index (χ2n) is 14.8. The predicted molar refractivity (Wildman–Crippen MR) is 184 cm³/mol. The maximum absolute atomic E-state index is 12.4. The number of carbonyl (C=O) groups is 1. The van der Waals surface area contributed by atoms with Crippen LogP contribution in [0.1, 0.15) is 69.0 Å². The molecule has 1 atom stereocenters. The van der Waals surface area contributed by atoms with E-state index in [0.717, 1.165) is 87.6 Å². The second kappa shape index (κ2) is 11.7. The number of piperidine rings is 1. The highest BCUT2D eigenvalue weighted by atomic mass is 16.6.